The van der Waals surface area contributed by atoms with Crippen molar-refractivity contribution in [3.63, 3.8) is 0 Å². The predicted molar refractivity (Wildman–Crippen MR) is 107 cm³/mol. The Morgan fingerprint density at radius 2 is 1.82 bits per heavy atom. The topological polar surface area (TPSA) is 73.0 Å². The van der Waals surface area contributed by atoms with E-state index in [4.69, 9.17) is 4.52 Å². The summed E-state index contributed by atoms with van der Waals surface area (Å²) in [7, 11) is 0. The predicted octanol–water partition coefficient (Wildman–Crippen LogP) is 4.40. The van der Waals surface area contributed by atoms with E-state index in [0.29, 0.717) is 23.7 Å². The van der Waals surface area contributed by atoms with Crippen LogP contribution in [0.1, 0.15) is 28.4 Å². The smallest absolute Gasteiger partial charge is 0.258 e. The van der Waals surface area contributed by atoms with Crippen LogP contribution in [0.3, 0.4) is 0 Å². The van der Waals surface area contributed by atoms with Crippen molar-refractivity contribution in [2.75, 3.05) is 5.32 Å². The highest BCUT2D eigenvalue weighted by molar-refractivity contribution is 6.03. The van der Waals surface area contributed by atoms with Gasteiger partial charge in [-0.1, -0.05) is 48.5 Å². The lowest BCUT2D eigenvalue weighted by Crippen LogP contribution is -2.11. The number of rotatable bonds is 6. The maximum Gasteiger partial charge on any atom is 0.258 e. The second-order valence-electron chi connectivity index (χ2n) is 6.48. The first-order valence-corrected chi connectivity index (χ1v) is 9.15. The Labute approximate surface area is 162 Å². The fourth-order valence-electron chi connectivity index (χ4n) is 2.91. The first-order chi connectivity index (χ1) is 13.7. The van der Waals surface area contributed by atoms with E-state index < -0.39 is 0 Å². The monoisotopic (exact) mass is 372 g/mol. The summed E-state index contributed by atoms with van der Waals surface area (Å²) >= 11 is 0. The molecule has 0 fully saturated rings. The lowest BCUT2D eigenvalue weighted by molar-refractivity contribution is 0.102. The normalized spacial score (nSPS) is 10.8. The lowest BCUT2D eigenvalue weighted by Gasteiger charge is -2.04. The Kier molecular flexibility index (Phi) is 5.01. The van der Waals surface area contributed by atoms with Gasteiger partial charge in [0.05, 0.1) is 6.54 Å². The molecular formula is C22H20N4O2. The highest BCUT2D eigenvalue weighted by Gasteiger charge is 2.11. The first kappa shape index (κ1) is 17.7. The third kappa shape index (κ3) is 4.01. The summed E-state index contributed by atoms with van der Waals surface area (Å²) in [5.74, 6) is 0.0786. The number of nitrogens with zero attached hydrogens (tertiary/aromatic N) is 3. The molecule has 2 aromatic heterocycles. The van der Waals surface area contributed by atoms with Crippen LogP contribution in [0, 0.1) is 0 Å². The first-order valence-electron chi connectivity index (χ1n) is 9.15. The van der Waals surface area contributed by atoms with E-state index in [9.17, 15) is 4.79 Å². The van der Waals surface area contributed by atoms with Crippen molar-refractivity contribution in [3.8, 4) is 11.3 Å². The molecule has 0 saturated carbocycles. The number of carbonyl (C=O) groups is 1. The van der Waals surface area contributed by atoms with Crippen LogP contribution in [-0.4, -0.2) is 20.8 Å². The fourth-order valence-corrected chi connectivity index (χ4v) is 2.91. The van der Waals surface area contributed by atoms with Crippen LogP contribution in [0.15, 0.2) is 77.6 Å². The SMILES string of the molecule is CCc1ccc(-c2cc(NC(=O)c3ccc(Cn4cccn4)cc3)on2)cc1. The van der Waals surface area contributed by atoms with E-state index >= 15 is 0 Å². The zero-order chi connectivity index (χ0) is 19.3. The molecule has 0 saturated heterocycles. The van der Waals surface area contributed by atoms with Crippen molar-refractivity contribution in [3.05, 3.63) is 89.7 Å². The Hall–Kier alpha value is -3.67. The minimum Gasteiger partial charge on any atom is -0.338 e. The highest BCUT2D eigenvalue weighted by Crippen LogP contribution is 2.22. The summed E-state index contributed by atoms with van der Waals surface area (Å²) in [4.78, 5) is 12.5. The van der Waals surface area contributed by atoms with E-state index in [0.717, 1.165) is 17.5 Å². The number of carbonyl (C=O) groups excluding carboxylic acids is 1. The van der Waals surface area contributed by atoms with Crippen LogP contribution < -0.4 is 5.32 Å². The van der Waals surface area contributed by atoms with Gasteiger partial charge in [0.2, 0.25) is 5.88 Å². The van der Waals surface area contributed by atoms with Gasteiger partial charge in [0, 0.05) is 29.6 Å². The molecule has 0 bridgehead atoms. The van der Waals surface area contributed by atoms with Gasteiger partial charge >= 0.3 is 0 Å². The second-order valence-corrected chi connectivity index (χ2v) is 6.48. The van der Waals surface area contributed by atoms with Crippen molar-refractivity contribution in [1.82, 2.24) is 14.9 Å². The lowest BCUT2D eigenvalue weighted by atomic mass is 10.1. The Balaban J connectivity index is 1.41. The molecule has 4 rings (SSSR count). The van der Waals surface area contributed by atoms with E-state index in [2.05, 4.69) is 34.6 Å². The molecule has 1 amide bonds. The maximum atomic E-state index is 12.5. The molecule has 0 aliphatic heterocycles. The van der Waals surface area contributed by atoms with Crippen molar-refractivity contribution in [2.45, 2.75) is 19.9 Å². The average molecular weight is 372 g/mol. The summed E-state index contributed by atoms with van der Waals surface area (Å²) in [5, 5.41) is 11.0. The Bertz CT molecular complexity index is 1050. The molecule has 6 nitrogen and oxygen atoms in total. The summed E-state index contributed by atoms with van der Waals surface area (Å²) in [5.41, 5.74) is 4.51. The van der Waals surface area contributed by atoms with Crippen LogP contribution in [-0.2, 0) is 13.0 Å². The van der Waals surface area contributed by atoms with Crippen molar-refractivity contribution < 1.29 is 9.32 Å². The van der Waals surface area contributed by atoms with Gasteiger partial charge in [-0.25, -0.2) is 0 Å². The van der Waals surface area contributed by atoms with Gasteiger partial charge in [0.15, 0.2) is 0 Å². The molecule has 2 heterocycles. The second kappa shape index (κ2) is 7.92. The van der Waals surface area contributed by atoms with Crippen molar-refractivity contribution in [1.29, 1.82) is 0 Å². The van der Waals surface area contributed by atoms with E-state index in [1.54, 1.807) is 24.4 Å². The number of amides is 1. The molecule has 0 spiro atoms. The van der Waals surface area contributed by atoms with Gasteiger partial charge < -0.3 is 4.52 Å². The van der Waals surface area contributed by atoms with E-state index in [1.165, 1.54) is 5.56 Å². The largest absolute Gasteiger partial charge is 0.338 e. The van der Waals surface area contributed by atoms with Crippen molar-refractivity contribution in [2.24, 2.45) is 0 Å². The van der Waals surface area contributed by atoms with E-state index in [-0.39, 0.29) is 5.91 Å². The van der Waals surface area contributed by atoms with Crippen LogP contribution in [0.2, 0.25) is 0 Å². The third-order valence-corrected chi connectivity index (χ3v) is 4.52. The number of hydrogen-bond acceptors (Lipinski definition) is 4. The molecule has 6 heteroatoms. The third-order valence-electron chi connectivity index (χ3n) is 4.52. The molecule has 4 aromatic rings. The zero-order valence-corrected chi connectivity index (χ0v) is 15.5. The van der Waals surface area contributed by atoms with Crippen molar-refractivity contribution >= 4 is 11.8 Å². The molecule has 1 N–H and O–H groups in total. The molecule has 0 radical (unpaired) electrons. The zero-order valence-electron chi connectivity index (χ0n) is 15.5. The summed E-state index contributed by atoms with van der Waals surface area (Å²) in [6.07, 6.45) is 4.63. The molecule has 2 aromatic carbocycles. The molecule has 0 unspecified atom stereocenters. The Morgan fingerprint density at radius 1 is 1.07 bits per heavy atom. The van der Waals surface area contributed by atoms with Crippen LogP contribution in [0.5, 0.6) is 0 Å². The molecule has 0 atom stereocenters. The minimum atomic E-state index is -0.241. The number of anilines is 1. The Morgan fingerprint density at radius 3 is 2.50 bits per heavy atom. The number of aryl methyl sites for hydroxylation is 1. The quantitative estimate of drug-likeness (QED) is 0.544. The number of hydrogen-bond donors (Lipinski definition) is 1. The van der Waals surface area contributed by atoms with Crippen LogP contribution in [0.25, 0.3) is 11.3 Å². The molecule has 0 aliphatic carbocycles. The number of aromatic nitrogens is 3. The highest BCUT2D eigenvalue weighted by atomic mass is 16.5. The van der Waals surface area contributed by atoms with Gasteiger partial charge in [-0.15, -0.1) is 0 Å². The van der Waals surface area contributed by atoms with Crippen LogP contribution >= 0.6 is 0 Å². The summed E-state index contributed by atoms with van der Waals surface area (Å²) in [6, 6.07) is 19.1. The molecular weight excluding hydrogens is 352 g/mol. The molecule has 28 heavy (non-hydrogen) atoms. The van der Waals surface area contributed by atoms with E-state index in [1.807, 2.05) is 41.2 Å². The summed E-state index contributed by atoms with van der Waals surface area (Å²) in [6.45, 7) is 2.78. The average Bonchev–Trinajstić information content (AvgIpc) is 3.41. The molecule has 140 valence electrons. The fraction of sp³-hybridized carbons (Fsp3) is 0.136. The van der Waals surface area contributed by atoms with Gasteiger partial charge in [-0.05, 0) is 35.7 Å². The maximum absolute atomic E-state index is 12.5. The molecule has 0 aliphatic rings. The summed E-state index contributed by atoms with van der Waals surface area (Å²) < 4.78 is 7.10. The standard InChI is InChI=1S/C22H20N4O2/c1-2-16-4-8-18(9-5-16)20-14-21(28-25-20)24-22(27)19-10-6-17(7-11-19)15-26-13-3-12-23-26/h3-14H,2,15H2,1H3,(H,24,27). The van der Waals surface area contributed by atoms with Gasteiger partial charge in [0.1, 0.15) is 5.69 Å². The number of nitrogens with one attached hydrogen (secondary N) is 1. The van der Waals surface area contributed by atoms with Gasteiger partial charge in [-0.2, -0.15) is 5.10 Å². The van der Waals surface area contributed by atoms with Crippen LogP contribution in [0.4, 0.5) is 5.88 Å². The van der Waals surface area contributed by atoms with Gasteiger partial charge in [-0.3, -0.25) is 14.8 Å². The minimum absolute atomic E-state index is 0.241. The van der Waals surface area contributed by atoms with Gasteiger partial charge in [0.25, 0.3) is 5.91 Å². The number of benzene rings is 2.